The van der Waals surface area contributed by atoms with Gasteiger partial charge in [0, 0.05) is 0 Å². The molecular formula is C12H20ClNOS. The van der Waals surface area contributed by atoms with Gasteiger partial charge in [-0.3, -0.25) is 0 Å². The Morgan fingerprint density at radius 1 is 1.25 bits per heavy atom. The standard InChI is InChI=1S/C12H20ClNOS/c1-16-9-5-3-2-4-8-14-10-11-6-7-12(13)15-11/h6-7,14H,2-5,8-10H2,1H3. The molecule has 0 aliphatic rings. The molecule has 1 heterocycles. The molecule has 0 aliphatic heterocycles. The van der Waals surface area contributed by atoms with E-state index in [1.54, 1.807) is 6.07 Å². The minimum Gasteiger partial charge on any atom is -0.448 e. The molecular weight excluding hydrogens is 242 g/mol. The fourth-order valence-electron chi connectivity index (χ4n) is 1.51. The van der Waals surface area contributed by atoms with E-state index in [-0.39, 0.29) is 0 Å². The van der Waals surface area contributed by atoms with Crippen molar-refractivity contribution in [3.8, 4) is 0 Å². The van der Waals surface area contributed by atoms with Gasteiger partial charge in [-0.25, -0.2) is 0 Å². The van der Waals surface area contributed by atoms with Gasteiger partial charge in [0.25, 0.3) is 0 Å². The van der Waals surface area contributed by atoms with Gasteiger partial charge >= 0.3 is 0 Å². The third-order valence-corrected chi connectivity index (χ3v) is 3.28. The van der Waals surface area contributed by atoms with Gasteiger partial charge < -0.3 is 9.73 Å². The summed E-state index contributed by atoms with van der Waals surface area (Å²) in [6.45, 7) is 1.83. The zero-order valence-corrected chi connectivity index (χ0v) is 11.4. The minimum absolute atomic E-state index is 0.467. The van der Waals surface area contributed by atoms with Crippen molar-refractivity contribution in [2.24, 2.45) is 0 Å². The van der Waals surface area contributed by atoms with Crippen molar-refractivity contribution >= 4 is 23.4 Å². The largest absolute Gasteiger partial charge is 0.448 e. The molecule has 0 aliphatic carbocycles. The Morgan fingerprint density at radius 3 is 2.75 bits per heavy atom. The molecule has 1 rings (SSSR count). The molecule has 1 aromatic rings. The lowest BCUT2D eigenvalue weighted by Gasteiger charge is -2.02. The predicted molar refractivity (Wildman–Crippen MR) is 72.3 cm³/mol. The van der Waals surface area contributed by atoms with E-state index >= 15 is 0 Å². The molecule has 0 radical (unpaired) electrons. The molecule has 16 heavy (non-hydrogen) atoms. The average molecular weight is 262 g/mol. The highest BCUT2D eigenvalue weighted by atomic mass is 35.5. The van der Waals surface area contributed by atoms with Crippen molar-refractivity contribution in [2.75, 3.05) is 18.6 Å². The molecule has 0 unspecified atom stereocenters. The van der Waals surface area contributed by atoms with Gasteiger partial charge in [-0.2, -0.15) is 11.8 Å². The molecule has 0 saturated carbocycles. The van der Waals surface area contributed by atoms with E-state index in [1.807, 2.05) is 17.8 Å². The van der Waals surface area contributed by atoms with Crippen LogP contribution < -0.4 is 5.32 Å². The lowest BCUT2D eigenvalue weighted by Crippen LogP contribution is -2.14. The number of rotatable bonds is 9. The molecule has 0 saturated heterocycles. The molecule has 1 N–H and O–H groups in total. The van der Waals surface area contributed by atoms with Gasteiger partial charge in [-0.1, -0.05) is 12.8 Å². The smallest absolute Gasteiger partial charge is 0.193 e. The third kappa shape index (κ3) is 6.46. The van der Waals surface area contributed by atoms with E-state index in [0.717, 1.165) is 18.8 Å². The molecule has 2 nitrogen and oxygen atoms in total. The predicted octanol–water partition coefficient (Wildman–Crippen LogP) is 3.95. The van der Waals surface area contributed by atoms with Gasteiger partial charge in [0.2, 0.25) is 0 Å². The van der Waals surface area contributed by atoms with Crippen molar-refractivity contribution in [3.05, 3.63) is 23.1 Å². The van der Waals surface area contributed by atoms with Crippen LogP contribution in [0, 0.1) is 0 Å². The molecule has 0 fully saturated rings. The summed E-state index contributed by atoms with van der Waals surface area (Å²) in [4.78, 5) is 0. The summed E-state index contributed by atoms with van der Waals surface area (Å²) < 4.78 is 5.24. The van der Waals surface area contributed by atoms with Crippen LogP contribution in [0.4, 0.5) is 0 Å². The lowest BCUT2D eigenvalue weighted by atomic mass is 10.2. The summed E-state index contributed by atoms with van der Waals surface area (Å²) in [6, 6.07) is 3.69. The Hall–Kier alpha value is -0.120. The zero-order valence-electron chi connectivity index (χ0n) is 9.80. The minimum atomic E-state index is 0.467. The van der Waals surface area contributed by atoms with E-state index in [0.29, 0.717) is 5.22 Å². The number of nitrogens with one attached hydrogen (secondary N) is 1. The summed E-state index contributed by atoms with van der Waals surface area (Å²) in [5.41, 5.74) is 0. The Balaban J connectivity index is 1.88. The van der Waals surface area contributed by atoms with Gasteiger partial charge in [-0.05, 0) is 55.1 Å². The van der Waals surface area contributed by atoms with Gasteiger partial charge in [-0.15, -0.1) is 0 Å². The molecule has 92 valence electrons. The second-order valence-corrected chi connectivity index (χ2v) is 5.15. The number of hydrogen-bond acceptors (Lipinski definition) is 3. The second kappa shape index (κ2) is 8.97. The number of halogens is 1. The summed E-state index contributed by atoms with van der Waals surface area (Å²) in [7, 11) is 0. The first-order valence-electron chi connectivity index (χ1n) is 5.77. The molecule has 0 spiro atoms. The summed E-state index contributed by atoms with van der Waals surface area (Å²) in [5, 5.41) is 3.81. The molecule has 0 aromatic carbocycles. The monoisotopic (exact) mass is 261 g/mol. The van der Waals surface area contributed by atoms with Crippen LogP contribution in [0.3, 0.4) is 0 Å². The van der Waals surface area contributed by atoms with Crippen molar-refractivity contribution in [3.63, 3.8) is 0 Å². The van der Waals surface area contributed by atoms with Crippen LogP contribution in [0.5, 0.6) is 0 Å². The molecule has 0 atom stereocenters. The number of unbranched alkanes of at least 4 members (excludes halogenated alkanes) is 3. The normalized spacial score (nSPS) is 10.9. The van der Waals surface area contributed by atoms with Crippen LogP contribution in [-0.4, -0.2) is 18.6 Å². The fraction of sp³-hybridized carbons (Fsp3) is 0.667. The number of hydrogen-bond donors (Lipinski definition) is 1. The molecule has 0 bridgehead atoms. The maximum atomic E-state index is 5.68. The topological polar surface area (TPSA) is 25.2 Å². The summed E-state index contributed by atoms with van der Waals surface area (Å²) in [6.07, 6.45) is 7.40. The number of thioether (sulfide) groups is 1. The van der Waals surface area contributed by atoms with E-state index < -0.39 is 0 Å². The van der Waals surface area contributed by atoms with E-state index in [1.165, 1.54) is 31.4 Å². The highest BCUT2D eigenvalue weighted by Crippen LogP contribution is 2.12. The second-order valence-electron chi connectivity index (χ2n) is 3.79. The van der Waals surface area contributed by atoms with Gasteiger partial charge in [0.1, 0.15) is 5.76 Å². The summed E-state index contributed by atoms with van der Waals surface area (Å²) in [5.74, 6) is 2.20. The number of furan rings is 1. The lowest BCUT2D eigenvalue weighted by molar-refractivity contribution is 0.479. The van der Waals surface area contributed by atoms with E-state index in [9.17, 15) is 0 Å². The van der Waals surface area contributed by atoms with Gasteiger partial charge in [0.15, 0.2) is 5.22 Å². The van der Waals surface area contributed by atoms with E-state index in [2.05, 4.69) is 11.6 Å². The molecule has 1 aromatic heterocycles. The van der Waals surface area contributed by atoms with Crippen molar-refractivity contribution < 1.29 is 4.42 Å². The first kappa shape index (κ1) is 13.9. The SMILES string of the molecule is CSCCCCCCNCc1ccc(Cl)o1. The highest BCUT2D eigenvalue weighted by molar-refractivity contribution is 7.98. The van der Waals surface area contributed by atoms with Crippen LogP contribution in [0.2, 0.25) is 5.22 Å². The molecule has 4 heteroatoms. The zero-order chi connectivity index (χ0) is 11.6. The first-order chi connectivity index (χ1) is 7.83. The Kier molecular flexibility index (Phi) is 7.81. The maximum absolute atomic E-state index is 5.68. The van der Waals surface area contributed by atoms with Crippen LogP contribution in [0.15, 0.2) is 16.5 Å². The Labute approximate surface area is 107 Å². The van der Waals surface area contributed by atoms with Crippen molar-refractivity contribution in [1.82, 2.24) is 5.32 Å². The van der Waals surface area contributed by atoms with Crippen LogP contribution in [0.25, 0.3) is 0 Å². The first-order valence-corrected chi connectivity index (χ1v) is 7.54. The third-order valence-electron chi connectivity index (χ3n) is 2.38. The van der Waals surface area contributed by atoms with Crippen LogP contribution in [-0.2, 0) is 6.54 Å². The van der Waals surface area contributed by atoms with Crippen molar-refractivity contribution in [1.29, 1.82) is 0 Å². The van der Waals surface area contributed by atoms with Gasteiger partial charge in [0.05, 0.1) is 6.54 Å². The Bertz CT molecular complexity index is 278. The average Bonchev–Trinajstić information content (AvgIpc) is 2.68. The molecule has 0 amide bonds. The van der Waals surface area contributed by atoms with Crippen LogP contribution >= 0.6 is 23.4 Å². The van der Waals surface area contributed by atoms with E-state index in [4.69, 9.17) is 16.0 Å². The highest BCUT2D eigenvalue weighted by Gasteiger charge is 1.98. The summed E-state index contributed by atoms with van der Waals surface area (Å²) >= 11 is 7.60. The maximum Gasteiger partial charge on any atom is 0.193 e. The van der Waals surface area contributed by atoms with Crippen molar-refractivity contribution in [2.45, 2.75) is 32.2 Å². The quantitative estimate of drug-likeness (QED) is 0.682. The Morgan fingerprint density at radius 2 is 2.06 bits per heavy atom. The van der Waals surface area contributed by atoms with Crippen LogP contribution in [0.1, 0.15) is 31.4 Å². The fourth-order valence-corrected chi connectivity index (χ4v) is 2.16.